The van der Waals surface area contributed by atoms with E-state index in [4.69, 9.17) is 5.84 Å². The second kappa shape index (κ2) is 5.69. The number of nitrogens with zero attached hydrogens (tertiary/aromatic N) is 2. The first-order chi connectivity index (χ1) is 9.85. The molecule has 0 radical (unpaired) electrons. The van der Waals surface area contributed by atoms with Gasteiger partial charge in [-0.05, 0) is 24.3 Å². The molecule has 21 heavy (non-hydrogen) atoms. The maximum absolute atomic E-state index is 12.6. The van der Waals surface area contributed by atoms with Gasteiger partial charge >= 0.3 is 0 Å². The van der Waals surface area contributed by atoms with Crippen molar-refractivity contribution in [3.63, 3.8) is 0 Å². The number of carbonyl (C=O) groups excluding carboxylic acids is 1. The van der Waals surface area contributed by atoms with Crippen molar-refractivity contribution < 1.29 is 9.72 Å². The Morgan fingerprint density at radius 1 is 1.38 bits per heavy atom. The summed E-state index contributed by atoms with van der Waals surface area (Å²) in [5.41, 5.74) is 2.64. The van der Waals surface area contributed by atoms with E-state index in [1.54, 1.807) is 11.0 Å². The number of nitrogens with two attached hydrogens (primary N) is 1. The highest BCUT2D eigenvalue weighted by atomic mass is 16.6. The second-order valence-electron chi connectivity index (χ2n) is 6.06. The molecule has 1 aromatic rings. The van der Waals surface area contributed by atoms with Crippen LogP contribution in [0.2, 0.25) is 0 Å². The van der Waals surface area contributed by atoms with Crippen LogP contribution in [0.1, 0.15) is 37.0 Å². The van der Waals surface area contributed by atoms with Crippen LogP contribution in [-0.4, -0.2) is 28.8 Å². The Bertz CT molecular complexity index is 561. The third-order valence-electron chi connectivity index (χ3n) is 4.02. The van der Waals surface area contributed by atoms with Crippen LogP contribution in [0.15, 0.2) is 18.2 Å². The van der Waals surface area contributed by atoms with E-state index in [0.29, 0.717) is 13.1 Å². The van der Waals surface area contributed by atoms with E-state index >= 15 is 0 Å². The summed E-state index contributed by atoms with van der Waals surface area (Å²) in [5.74, 6) is 5.15. The van der Waals surface area contributed by atoms with Gasteiger partial charge in [0.25, 0.3) is 11.6 Å². The number of nitro groups is 1. The highest BCUT2D eigenvalue weighted by Crippen LogP contribution is 2.32. The fourth-order valence-electron chi connectivity index (χ4n) is 2.51. The van der Waals surface area contributed by atoms with E-state index in [2.05, 4.69) is 19.3 Å². The Morgan fingerprint density at radius 3 is 2.52 bits per heavy atom. The van der Waals surface area contributed by atoms with E-state index in [9.17, 15) is 14.9 Å². The smallest absolute Gasteiger partial charge is 0.294 e. The third kappa shape index (κ3) is 3.13. The van der Waals surface area contributed by atoms with Gasteiger partial charge in [0.2, 0.25) is 0 Å². The molecule has 1 saturated heterocycles. The number of likely N-dealkylation sites (tertiary alicyclic amines) is 1. The third-order valence-corrected chi connectivity index (χ3v) is 4.02. The van der Waals surface area contributed by atoms with Crippen molar-refractivity contribution in [2.75, 3.05) is 18.5 Å². The Morgan fingerprint density at radius 2 is 2.00 bits per heavy atom. The fraction of sp³-hybridized carbons (Fsp3) is 0.500. The zero-order valence-corrected chi connectivity index (χ0v) is 12.3. The largest absolute Gasteiger partial charge is 0.339 e. The number of nitrogens with one attached hydrogen (secondary N) is 1. The lowest BCUT2D eigenvalue weighted by atomic mass is 9.82. The molecule has 0 saturated carbocycles. The number of hydrogen-bond acceptors (Lipinski definition) is 5. The number of nitro benzene ring substituents is 1. The molecule has 0 aliphatic carbocycles. The van der Waals surface area contributed by atoms with Crippen LogP contribution < -0.4 is 11.3 Å². The minimum atomic E-state index is -0.550. The average molecular weight is 292 g/mol. The molecule has 0 aromatic heterocycles. The lowest BCUT2D eigenvalue weighted by Crippen LogP contribution is -2.41. The van der Waals surface area contributed by atoms with Crippen LogP contribution in [0.5, 0.6) is 0 Å². The number of piperidine rings is 1. The predicted molar refractivity (Wildman–Crippen MR) is 79.8 cm³/mol. The highest BCUT2D eigenvalue weighted by Gasteiger charge is 2.30. The Hall–Kier alpha value is -2.15. The molecule has 0 bridgehead atoms. The van der Waals surface area contributed by atoms with Gasteiger partial charge in [0.05, 0.1) is 10.5 Å². The molecule has 1 aliphatic rings. The van der Waals surface area contributed by atoms with Crippen molar-refractivity contribution >= 4 is 17.3 Å². The van der Waals surface area contributed by atoms with Crippen LogP contribution >= 0.6 is 0 Å². The Balaban J connectivity index is 2.28. The van der Waals surface area contributed by atoms with Gasteiger partial charge < -0.3 is 10.3 Å². The topological polar surface area (TPSA) is 102 Å². The summed E-state index contributed by atoms with van der Waals surface area (Å²) in [6.45, 7) is 5.65. The molecule has 1 fully saturated rings. The van der Waals surface area contributed by atoms with Crippen molar-refractivity contribution in [3.05, 3.63) is 33.9 Å². The summed E-state index contributed by atoms with van der Waals surface area (Å²) in [6.07, 6.45) is 1.83. The van der Waals surface area contributed by atoms with Crippen molar-refractivity contribution in [2.24, 2.45) is 11.3 Å². The molecule has 3 N–H and O–H groups in total. The molecule has 114 valence electrons. The fourth-order valence-corrected chi connectivity index (χ4v) is 2.51. The van der Waals surface area contributed by atoms with Gasteiger partial charge in [-0.3, -0.25) is 20.8 Å². The van der Waals surface area contributed by atoms with Crippen LogP contribution in [0.4, 0.5) is 11.4 Å². The second-order valence-corrected chi connectivity index (χ2v) is 6.06. The summed E-state index contributed by atoms with van der Waals surface area (Å²) < 4.78 is 0. The summed E-state index contributed by atoms with van der Waals surface area (Å²) in [4.78, 5) is 24.8. The maximum atomic E-state index is 12.6. The first-order valence-electron chi connectivity index (χ1n) is 6.89. The predicted octanol–water partition coefficient (Wildman–Crippen LogP) is 2.14. The van der Waals surface area contributed by atoms with E-state index in [1.807, 2.05) is 0 Å². The van der Waals surface area contributed by atoms with Crippen molar-refractivity contribution in [1.82, 2.24) is 4.90 Å². The molecule has 1 heterocycles. The van der Waals surface area contributed by atoms with E-state index in [-0.39, 0.29) is 28.3 Å². The van der Waals surface area contributed by atoms with Gasteiger partial charge in [0, 0.05) is 19.2 Å². The van der Waals surface area contributed by atoms with Gasteiger partial charge in [0.15, 0.2) is 0 Å². The molecule has 1 aliphatic heterocycles. The first-order valence-corrected chi connectivity index (χ1v) is 6.89. The molecule has 7 heteroatoms. The molecule has 1 amide bonds. The van der Waals surface area contributed by atoms with E-state index in [0.717, 1.165) is 12.8 Å². The van der Waals surface area contributed by atoms with Gasteiger partial charge in [-0.2, -0.15) is 0 Å². The van der Waals surface area contributed by atoms with E-state index < -0.39 is 4.92 Å². The molecule has 2 rings (SSSR count). The highest BCUT2D eigenvalue weighted by molar-refractivity contribution is 6.01. The Labute approximate surface area is 123 Å². The molecular formula is C14H20N4O3. The summed E-state index contributed by atoms with van der Waals surface area (Å²) in [6, 6.07) is 4.38. The van der Waals surface area contributed by atoms with Crippen LogP contribution in [0, 0.1) is 15.5 Å². The summed E-state index contributed by atoms with van der Waals surface area (Å²) >= 11 is 0. The number of anilines is 1. The molecule has 7 nitrogen and oxygen atoms in total. The number of hydrazine groups is 1. The first kappa shape index (κ1) is 15.2. The quantitative estimate of drug-likeness (QED) is 0.505. The van der Waals surface area contributed by atoms with Crippen LogP contribution in [-0.2, 0) is 0 Å². The molecule has 0 spiro atoms. The maximum Gasteiger partial charge on any atom is 0.294 e. The Kier molecular flexibility index (Phi) is 4.13. The number of amides is 1. The molecular weight excluding hydrogens is 272 g/mol. The zero-order valence-electron chi connectivity index (χ0n) is 12.3. The van der Waals surface area contributed by atoms with Crippen molar-refractivity contribution in [2.45, 2.75) is 26.7 Å². The van der Waals surface area contributed by atoms with Crippen LogP contribution in [0.3, 0.4) is 0 Å². The van der Waals surface area contributed by atoms with Gasteiger partial charge in [0.1, 0.15) is 5.69 Å². The SMILES string of the molecule is CC1(C)CCN(C(=O)c2cccc([N+](=O)[O-])c2NN)CC1. The van der Waals surface area contributed by atoms with Crippen LogP contribution in [0.25, 0.3) is 0 Å². The van der Waals surface area contributed by atoms with Gasteiger partial charge in [-0.15, -0.1) is 0 Å². The van der Waals surface area contributed by atoms with Crippen molar-refractivity contribution in [1.29, 1.82) is 0 Å². The summed E-state index contributed by atoms with van der Waals surface area (Å²) in [7, 11) is 0. The minimum Gasteiger partial charge on any atom is -0.339 e. The average Bonchev–Trinajstić information content (AvgIpc) is 2.45. The molecule has 0 atom stereocenters. The number of rotatable bonds is 3. The van der Waals surface area contributed by atoms with E-state index in [1.165, 1.54) is 12.1 Å². The number of benzene rings is 1. The number of carbonyl (C=O) groups is 1. The lowest BCUT2D eigenvalue weighted by molar-refractivity contribution is -0.384. The molecule has 0 unspecified atom stereocenters. The number of hydrogen-bond donors (Lipinski definition) is 2. The zero-order chi connectivity index (χ0) is 15.6. The minimum absolute atomic E-state index is 0.0670. The summed E-state index contributed by atoms with van der Waals surface area (Å²) in [5, 5.41) is 11.0. The lowest BCUT2D eigenvalue weighted by Gasteiger charge is -2.37. The number of nitrogen functional groups attached to an aromatic ring is 1. The normalized spacial score (nSPS) is 17.4. The standard InChI is InChI=1S/C14H20N4O3/c1-14(2)6-8-17(9-7-14)13(19)10-4-3-5-11(18(20)21)12(10)16-15/h3-5,16H,6-9,15H2,1-2H3. The van der Waals surface area contributed by atoms with Gasteiger partial charge in [-0.25, -0.2) is 0 Å². The van der Waals surface area contributed by atoms with Gasteiger partial charge in [-0.1, -0.05) is 19.9 Å². The molecule has 1 aromatic carbocycles. The number of para-hydroxylation sites is 1. The monoisotopic (exact) mass is 292 g/mol. The van der Waals surface area contributed by atoms with Crippen molar-refractivity contribution in [3.8, 4) is 0 Å².